The van der Waals surface area contributed by atoms with Crippen LogP contribution in [0.3, 0.4) is 0 Å². The molecule has 0 bridgehead atoms. The molecule has 20 heavy (non-hydrogen) atoms. The third kappa shape index (κ3) is 3.55. The molecule has 0 aliphatic carbocycles. The van der Waals surface area contributed by atoms with Gasteiger partial charge in [0.05, 0.1) is 0 Å². The number of nitrogens with two attached hydrogens (primary N) is 1. The molecule has 0 aliphatic heterocycles. The summed E-state index contributed by atoms with van der Waals surface area (Å²) in [6, 6.07) is 11.8. The summed E-state index contributed by atoms with van der Waals surface area (Å²) in [7, 11) is 0. The van der Waals surface area contributed by atoms with Crippen molar-refractivity contribution in [2.75, 3.05) is 0 Å². The van der Waals surface area contributed by atoms with Crippen molar-refractivity contribution in [3.05, 3.63) is 65.5 Å². The van der Waals surface area contributed by atoms with Gasteiger partial charge in [-0.2, -0.15) is 0 Å². The minimum Gasteiger partial charge on any atom is -0.409 e. The summed E-state index contributed by atoms with van der Waals surface area (Å²) in [6.07, 6.45) is 3.57. The van der Waals surface area contributed by atoms with Crippen LogP contribution in [-0.2, 0) is 6.54 Å². The predicted octanol–water partition coefficient (Wildman–Crippen LogP) is 2.03. The van der Waals surface area contributed by atoms with Gasteiger partial charge in [-0.05, 0) is 36.2 Å². The lowest BCUT2D eigenvalue weighted by Gasteiger charge is -2.14. The Kier molecular flexibility index (Phi) is 4.68. The molecule has 104 valence electrons. The van der Waals surface area contributed by atoms with E-state index >= 15 is 0 Å². The molecule has 2 rings (SSSR count). The standard InChI is InChI=1S/C15H18N4O/c1-11(13-5-7-17-8-6-13)18-10-12-3-2-4-14(9-12)15(16)19-20/h2-9,11,18,20H,10H2,1H3,(H2,16,19)/t11-/m0/s1. The lowest BCUT2D eigenvalue weighted by atomic mass is 10.1. The maximum Gasteiger partial charge on any atom is 0.170 e. The van der Waals surface area contributed by atoms with Crippen molar-refractivity contribution in [1.82, 2.24) is 10.3 Å². The summed E-state index contributed by atoms with van der Waals surface area (Å²) in [5.41, 5.74) is 8.56. The first kappa shape index (κ1) is 14.0. The van der Waals surface area contributed by atoms with E-state index in [2.05, 4.69) is 22.4 Å². The Bertz CT molecular complexity index is 583. The number of pyridine rings is 1. The number of hydrogen-bond donors (Lipinski definition) is 3. The van der Waals surface area contributed by atoms with Crippen molar-refractivity contribution in [2.45, 2.75) is 19.5 Å². The Morgan fingerprint density at radius 1 is 1.35 bits per heavy atom. The number of nitrogens with zero attached hydrogens (tertiary/aromatic N) is 2. The SMILES string of the molecule is C[C@H](NCc1cccc(/C(N)=N/O)c1)c1ccncc1. The lowest BCUT2D eigenvalue weighted by molar-refractivity contribution is 0.318. The van der Waals surface area contributed by atoms with Crippen LogP contribution in [0.1, 0.15) is 29.7 Å². The molecule has 0 unspecified atom stereocenters. The largest absolute Gasteiger partial charge is 0.409 e. The number of benzene rings is 1. The van der Waals surface area contributed by atoms with Crippen LogP contribution in [0.4, 0.5) is 0 Å². The highest BCUT2D eigenvalue weighted by Gasteiger charge is 2.05. The zero-order valence-corrected chi connectivity index (χ0v) is 11.3. The van der Waals surface area contributed by atoms with Crippen molar-refractivity contribution >= 4 is 5.84 Å². The molecule has 1 atom stereocenters. The van der Waals surface area contributed by atoms with Gasteiger partial charge in [-0.3, -0.25) is 4.98 Å². The van der Waals surface area contributed by atoms with Gasteiger partial charge in [0.1, 0.15) is 0 Å². The Balaban J connectivity index is 2.01. The normalized spacial score (nSPS) is 13.2. The van der Waals surface area contributed by atoms with Gasteiger partial charge in [0, 0.05) is 30.5 Å². The maximum absolute atomic E-state index is 8.69. The van der Waals surface area contributed by atoms with E-state index in [1.807, 2.05) is 36.4 Å². The summed E-state index contributed by atoms with van der Waals surface area (Å²) in [6.45, 7) is 2.80. The van der Waals surface area contributed by atoms with E-state index < -0.39 is 0 Å². The van der Waals surface area contributed by atoms with E-state index in [0.29, 0.717) is 12.1 Å². The quantitative estimate of drug-likeness (QED) is 0.336. The Labute approximate surface area is 118 Å². The topological polar surface area (TPSA) is 83.5 Å². The summed E-state index contributed by atoms with van der Waals surface area (Å²) in [4.78, 5) is 4.01. The van der Waals surface area contributed by atoms with Crippen LogP contribution in [0.25, 0.3) is 0 Å². The second-order valence-electron chi connectivity index (χ2n) is 4.57. The fourth-order valence-electron chi connectivity index (χ4n) is 1.94. The highest BCUT2D eigenvalue weighted by molar-refractivity contribution is 5.97. The number of hydrogen-bond acceptors (Lipinski definition) is 4. The molecule has 1 aromatic heterocycles. The van der Waals surface area contributed by atoms with Crippen LogP contribution in [0.5, 0.6) is 0 Å². The molecule has 2 aromatic rings. The summed E-state index contributed by atoms with van der Waals surface area (Å²) < 4.78 is 0. The number of rotatable bonds is 5. The average molecular weight is 270 g/mol. The van der Waals surface area contributed by atoms with Crippen molar-refractivity contribution in [2.24, 2.45) is 10.9 Å². The summed E-state index contributed by atoms with van der Waals surface area (Å²) >= 11 is 0. The van der Waals surface area contributed by atoms with Crippen molar-refractivity contribution in [1.29, 1.82) is 0 Å². The summed E-state index contributed by atoms with van der Waals surface area (Å²) in [5, 5.41) is 15.1. The van der Waals surface area contributed by atoms with Gasteiger partial charge >= 0.3 is 0 Å². The van der Waals surface area contributed by atoms with E-state index in [0.717, 1.165) is 5.56 Å². The molecule has 0 aliphatic rings. The van der Waals surface area contributed by atoms with E-state index in [1.54, 1.807) is 12.4 Å². The Hall–Kier alpha value is -2.40. The minimum atomic E-state index is 0.119. The fraction of sp³-hybridized carbons (Fsp3) is 0.200. The molecular weight excluding hydrogens is 252 g/mol. The van der Waals surface area contributed by atoms with E-state index in [-0.39, 0.29) is 11.9 Å². The van der Waals surface area contributed by atoms with Gasteiger partial charge in [0.15, 0.2) is 5.84 Å². The molecule has 4 N–H and O–H groups in total. The highest BCUT2D eigenvalue weighted by atomic mass is 16.4. The van der Waals surface area contributed by atoms with Crippen LogP contribution in [0.2, 0.25) is 0 Å². The Morgan fingerprint density at radius 3 is 2.80 bits per heavy atom. The van der Waals surface area contributed by atoms with Gasteiger partial charge in [-0.1, -0.05) is 23.4 Å². The third-order valence-electron chi connectivity index (χ3n) is 3.15. The van der Waals surface area contributed by atoms with Crippen molar-refractivity contribution in [3.63, 3.8) is 0 Å². The average Bonchev–Trinajstić information content (AvgIpc) is 2.53. The summed E-state index contributed by atoms with van der Waals surface area (Å²) in [5.74, 6) is 0.119. The van der Waals surface area contributed by atoms with Gasteiger partial charge in [0.2, 0.25) is 0 Å². The number of aromatic nitrogens is 1. The molecule has 0 saturated heterocycles. The van der Waals surface area contributed by atoms with Crippen molar-refractivity contribution in [3.8, 4) is 0 Å². The van der Waals surface area contributed by atoms with Gasteiger partial charge < -0.3 is 16.3 Å². The number of oxime groups is 1. The molecule has 1 aromatic carbocycles. The molecule has 0 fully saturated rings. The van der Waals surface area contributed by atoms with E-state index in [4.69, 9.17) is 10.9 Å². The first-order valence-electron chi connectivity index (χ1n) is 6.41. The first-order valence-corrected chi connectivity index (χ1v) is 6.41. The van der Waals surface area contributed by atoms with Gasteiger partial charge in [-0.25, -0.2) is 0 Å². The minimum absolute atomic E-state index is 0.119. The molecular formula is C15H18N4O. The zero-order chi connectivity index (χ0) is 14.4. The molecule has 0 spiro atoms. The molecule has 5 heteroatoms. The van der Waals surface area contributed by atoms with Crippen molar-refractivity contribution < 1.29 is 5.21 Å². The van der Waals surface area contributed by atoms with Gasteiger partial charge in [0.25, 0.3) is 0 Å². The zero-order valence-electron chi connectivity index (χ0n) is 11.3. The molecule has 0 amide bonds. The Morgan fingerprint density at radius 2 is 2.10 bits per heavy atom. The molecule has 0 radical (unpaired) electrons. The van der Waals surface area contributed by atoms with E-state index in [9.17, 15) is 0 Å². The fourth-order valence-corrected chi connectivity index (χ4v) is 1.94. The molecule has 0 saturated carbocycles. The van der Waals surface area contributed by atoms with Crippen LogP contribution >= 0.6 is 0 Å². The van der Waals surface area contributed by atoms with Crippen LogP contribution in [-0.4, -0.2) is 16.0 Å². The molecule has 1 heterocycles. The second-order valence-corrected chi connectivity index (χ2v) is 4.57. The van der Waals surface area contributed by atoms with Gasteiger partial charge in [-0.15, -0.1) is 0 Å². The molecule has 5 nitrogen and oxygen atoms in total. The number of nitrogens with one attached hydrogen (secondary N) is 1. The highest BCUT2D eigenvalue weighted by Crippen LogP contribution is 2.12. The maximum atomic E-state index is 8.69. The van der Waals surface area contributed by atoms with Crippen LogP contribution < -0.4 is 11.1 Å². The van der Waals surface area contributed by atoms with Crippen LogP contribution in [0.15, 0.2) is 53.9 Å². The van der Waals surface area contributed by atoms with Crippen LogP contribution in [0, 0.1) is 0 Å². The second kappa shape index (κ2) is 6.68. The third-order valence-corrected chi connectivity index (χ3v) is 3.15. The lowest BCUT2D eigenvalue weighted by Crippen LogP contribution is -2.19. The monoisotopic (exact) mass is 270 g/mol. The number of amidine groups is 1. The predicted molar refractivity (Wildman–Crippen MR) is 78.4 cm³/mol. The first-order chi connectivity index (χ1) is 9.70. The smallest absolute Gasteiger partial charge is 0.170 e. The van der Waals surface area contributed by atoms with E-state index in [1.165, 1.54) is 5.56 Å².